The predicted molar refractivity (Wildman–Crippen MR) is 107 cm³/mol. The van der Waals surface area contributed by atoms with E-state index >= 15 is 0 Å². The molecule has 0 aliphatic carbocycles. The Kier molecular flexibility index (Phi) is 4.72. The van der Waals surface area contributed by atoms with Crippen LogP contribution < -0.4 is 0 Å². The van der Waals surface area contributed by atoms with E-state index in [-0.39, 0.29) is 11.2 Å². The maximum Gasteiger partial charge on any atom is 0.235 e. The first kappa shape index (κ1) is 17.2. The van der Waals surface area contributed by atoms with Crippen molar-refractivity contribution in [1.82, 2.24) is 14.5 Å². The van der Waals surface area contributed by atoms with Gasteiger partial charge < -0.3 is 4.90 Å². The van der Waals surface area contributed by atoms with E-state index in [0.29, 0.717) is 0 Å². The number of thioether (sulfide) groups is 1. The van der Waals surface area contributed by atoms with Gasteiger partial charge in [0.05, 0.1) is 16.3 Å². The number of imidazole rings is 1. The first-order valence-electron chi connectivity index (χ1n) is 9.13. The molecule has 1 aliphatic heterocycles. The van der Waals surface area contributed by atoms with Crippen LogP contribution in [-0.4, -0.2) is 38.7 Å². The minimum Gasteiger partial charge on any atom is -0.342 e. The molecular formula is C21H23N3OS. The van der Waals surface area contributed by atoms with Gasteiger partial charge in [-0.15, -0.1) is 0 Å². The number of hydrogen-bond donors (Lipinski definition) is 0. The van der Waals surface area contributed by atoms with Crippen molar-refractivity contribution in [1.29, 1.82) is 0 Å². The highest BCUT2D eigenvalue weighted by molar-refractivity contribution is 8.00. The van der Waals surface area contributed by atoms with Crippen molar-refractivity contribution in [2.75, 3.05) is 13.1 Å². The van der Waals surface area contributed by atoms with E-state index in [1.54, 1.807) is 11.8 Å². The number of aryl methyl sites for hydroxylation is 1. The first-order chi connectivity index (χ1) is 12.6. The molecule has 0 radical (unpaired) electrons. The molecule has 1 saturated heterocycles. The molecule has 4 nitrogen and oxygen atoms in total. The molecule has 1 aromatic heterocycles. The first-order valence-corrected chi connectivity index (χ1v) is 10.0. The van der Waals surface area contributed by atoms with Crippen LogP contribution in [0.5, 0.6) is 0 Å². The maximum absolute atomic E-state index is 12.7. The molecule has 4 rings (SSSR count). The SMILES string of the molecule is Cc1ccc(-n2c(S[C@H](C)C(=O)N3CCCC3)nc3ccccc32)cc1. The van der Waals surface area contributed by atoms with Gasteiger partial charge in [-0.25, -0.2) is 4.98 Å². The van der Waals surface area contributed by atoms with Crippen LogP contribution in [0.15, 0.2) is 53.7 Å². The van der Waals surface area contributed by atoms with Gasteiger partial charge in [-0.05, 0) is 51.0 Å². The third-order valence-electron chi connectivity index (χ3n) is 4.87. The van der Waals surface area contributed by atoms with Gasteiger partial charge in [0.2, 0.25) is 5.91 Å². The van der Waals surface area contributed by atoms with Crippen molar-refractivity contribution in [3.05, 3.63) is 54.1 Å². The lowest BCUT2D eigenvalue weighted by Crippen LogP contribution is -2.34. The lowest BCUT2D eigenvalue weighted by Gasteiger charge is -2.20. The second kappa shape index (κ2) is 7.16. The smallest absolute Gasteiger partial charge is 0.235 e. The summed E-state index contributed by atoms with van der Waals surface area (Å²) in [7, 11) is 0. The Hall–Kier alpha value is -2.27. The summed E-state index contributed by atoms with van der Waals surface area (Å²) < 4.78 is 2.16. The monoisotopic (exact) mass is 365 g/mol. The van der Waals surface area contributed by atoms with E-state index in [2.05, 4.69) is 41.8 Å². The number of aromatic nitrogens is 2. The van der Waals surface area contributed by atoms with Crippen LogP contribution in [-0.2, 0) is 4.79 Å². The molecular weight excluding hydrogens is 342 g/mol. The molecule has 1 aliphatic rings. The van der Waals surface area contributed by atoms with Crippen LogP contribution in [0.3, 0.4) is 0 Å². The fourth-order valence-corrected chi connectivity index (χ4v) is 4.46. The number of amides is 1. The Bertz CT molecular complexity index is 926. The van der Waals surface area contributed by atoms with Gasteiger partial charge >= 0.3 is 0 Å². The molecule has 0 spiro atoms. The lowest BCUT2D eigenvalue weighted by atomic mass is 10.2. The van der Waals surface area contributed by atoms with Gasteiger partial charge in [0.15, 0.2) is 5.16 Å². The Morgan fingerprint density at radius 3 is 2.50 bits per heavy atom. The zero-order chi connectivity index (χ0) is 18.1. The van der Waals surface area contributed by atoms with Gasteiger partial charge in [-0.3, -0.25) is 9.36 Å². The van der Waals surface area contributed by atoms with Crippen LogP contribution in [0.4, 0.5) is 0 Å². The molecule has 3 aromatic rings. The third-order valence-corrected chi connectivity index (χ3v) is 5.91. The number of para-hydroxylation sites is 2. The Labute approximate surface area is 158 Å². The van der Waals surface area contributed by atoms with E-state index in [1.807, 2.05) is 30.0 Å². The lowest BCUT2D eigenvalue weighted by molar-refractivity contribution is -0.129. The summed E-state index contributed by atoms with van der Waals surface area (Å²) in [5.41, 5.74) is 4.33. The fourth-order valence-electron chi connectivity index (χ4n) is 3.43. The third kappa shape index (κ3) is 3.23. The zero-order valence-corrected chi connectivity index (χ0v) is 16.0. The summed E-state index contributed by atoms with van der Waals surface area (Å²) >= 11 is 1.55. The Balaban J connectivity index is 1.71. The highest BCUT2D eigenvalue weighted by Crippen LogP contribution is 2.31. The largest absolute Gasteiger partial charge is 0.342 e. The van der Waals surface area contributed by atoms with E-state index in [0.717, 1.165) is 47.8 Å². The number of rotatable bonds is 4. The Morgan fingerprint density at radius 2 is 1.77 bits per heavy atom. The van der Waals surface area contributed by atoms with Gasteiger partial charge in [0, 0.05) is 18.8 Å². The highest BCUT2D eigenvalue weighted by Gasteiger charge is 2.26. The molecule has 0 unspecified atom stereocenters. The van der Waals surface area contributed by atoms with Crippen molar-refractivity contribution in [3.63, 3.8) is 0 Å². The van der Waals surface area contributed by atoms with E-state index < -0.39 is 0 Å². The quantitative estimate of drug-likeness (QED) is 0.642. The normalized spacial score (nSPS) is 15.5. The molecule has 134 valence electrons. The minimum atomic E-state index is -0.144. The predicted octanol–water partition coefficient (Wildman–Crippen LogP) is 4.44. The number of likely N-dealkylation sites (tertiary alicyclic amines) is 1. The molecule has 0 N–H and O–H groups in total. The molecule has 2 heterocycles. The van der Waals surface area contributed by atoms with E-state index in [9.17, 15) is 4.79 Å². The standard InChI is InChI=1S/C21H23N3OS/c1-15-9-11-17(12-10-15)24-19-8-4-3-7-18(19)22-21(24)26-16(2)20(25)23-13-5-6-14-23/h3-4,7-12,16H,5-6,13-14H2,1-2H3/t16-/m1/s1. The number of nitrogens with zero attached hydrogens (tertiary/aromatic N) is 3. The minimum absolute atomic E-state index is 0.144. The number of carbonyl (C=O) groups excluding carboxylic acids is 1. The number of hydrogen-bond acceptors (Lipinski definition) is 3. The Morgan fingerprint density at radius 1 is 1.08 bits per heavy atom. The van der Waals surface area contributed by atoms with Crippen molar-refractivity contribution < 1.29 is 4.79 Å². The highest BCUT2D eigenvalue weighted by atomic mass is 32.2. The molecule has 26 heavy (non-hydrogen) atoms. The molecule has 0 saturated carbocycles. The zero-order valence-electron chi connectivity index (χ0n) is 15.2. The molecule has 1 fully saturated rings. The summed E-state index contributed by atoms with van der Waals surface area (Å²) in [4.78, 5) is 19.5. The second-order valence-electron chi connectivity index (χ2n) is 6.85. The van der Waals surface area contributed by atoms with Crippen molar-refractivity contribution >= 4 is 28.7 Å². The molecule has 1 atom stereocenters. The molecule has 0 bridgehead atoms. The average Bonchev–Trinajstić information content (AvgIpc) is 3.29. The van der Waals surface area contributed by atoms with Gasteiger partial charge in [0.25, 0.3) is 0 Å². The van der Waals surface area contributed by atoms with Crippen LogP contribution in [0, 0.1) is 6.92 Å². The topological polar surface area (TPSA) is 38.1 Å². The van der Waals surface area contributed by atoms with Gasteiger partial charge in [-0.2, -0.15) is 0 Å². The van der Waals surface area contributed by atoms with Crippen LogP contribution >= 0.6 is 11.8 Å². The number of fused-ring (bicyclic) bond motifs is 1. The summed E-state index contributed by atoms with van der Waals surface area (Å²) in [6.07, 6.45) is 2.23. The average molecular weight is 366 g/mol. The summed E-state index contributed by atoms with van der Waals surface area (Å²) in [5.74, 6) is 0.218. The summed E-state index contributed by atoms with van der Waals surface area (Å²) in [6, 6.07) is 16.6. The fraction of sp³-hybridized carbons (Fsp3) is 0.333. The number of carbonyl (C=O) groups is 1. The van der Waals surface area contributed by atoms with Crippen LogP contribution in [0.1, 0.15) is 25.3 Å². The van der Waals surface area contributed by atoms with Crippen molar-refractivity contribution in [3.8, 4) is 5.69 Å². The molecule has 2 aromatic carbocycles. The summed E-state index contributed by atoms with van der Waals surface area (Å²) in [5, 5.41) is 0.726. The van der Waals surface area contributed by atoms with Crippen molar-refractivity contribution in [2.45, 2.75) is 37.1 Å². The maximum atomic E-state index is 12.7. The molecule has 5 heteroatoms. The van der Waals surface area contributed by atoms with Crippen molar-refractivity contribution in [2.24, 2.45) is 0 Å². The van der Waals surface area contributed by atoms with Crippen LogP contribution in [0.2, 0.25) is 0 Å². The van der Waals surface area contributed by atoms with Gasteiger partial charge in [0.1, 0.15) is 0 Å². The van der Waals surface area contributed by atoms with E-state index in [1.165, 1.54) is 5.56 Å². The molecule has 1 amide bonds. The van der Waals surface area contributed by atoms with Gasteiger partial charge in [-0.1, -0.05) is 41.6 Å². The number of benzene rings is 2. The summed E-state index contributed by atoms with van der Waals surface area (Å²) in [6.45, 7) is 5.85. The van der Waals surface area contributed by atoms with E-state index in [4.69, 9.17) is 4.98 Å². The van der Waals surface area contributed by atoms with Crippen LogP contribution in [0.25, 0.3) is 16.7 Å². The second-order valence-corrected chi connectivity index (χ2v) is 8.15.